The summed E-state index contributed by atoms with van der Waals surface area (Å²) in [5.74, 6) is -1.06. The molecule has 11 nitrogen and oxygen atoms in total. The van der Waals surface area contributed by atoms with E-state index in [0.717, 1.165) is 17.8 Å². The Morgan fingerprint density at radius 1 is 1.16 bits per heavy atom. The van der Waals surface area contributed by atoms with Gasteiger partial charge in [0.05, 0.1) is 30.6 Å². The molecule has 0 radical (unpaired) electrons. The molecule has 0 amide bonds. The molecule has 3 aromatic rings. The number of aromatic nitrogens is 1. The number of aliphatic carboxylic acids is 1. The van der Waals surface area contributed by atoms with E-state index >= 15 is 0 Å². The highest BCUT2D eigenvalue weighted by atomic mass is 35.5. The van der Waals surface area contributed by atoms with Crippen LogP contribution in [0.15, 0.2) is 35.1 Å². The van der Waals surface area contributed by atoms with Crippen molar-refractivity contribution in [3.05, 3.63) is 70.8 Å². The Morgan fingerprint density at radius 2 is 1.74 bits per heavy atom. The van der Waals surface area contributed by atoms with Crippen LogP contribution in [0.2, 0.25) is 5.02 Å². The number of halogens is 4. The van der Waals surface area contributed by atoms with Crippen LogP contribution < -0.4 is 9.77 Å². The van der Waals surface area contributed by atoms with Crippen molar-refractivity contribution in [1.82, 2.24) is 4.57 Å². The van der Waals surface area contributed by atoms with Crippen LogP contribution in [0.1, 0.15) is 32.3 Å². The maximum absolute atomic E-state index is 12.8. The first-order valence-corrected chi connectivity index (χ1v) is 12.2. The molecule has 0 aliphatic carbocycles. The lowest BCUT2D eigenvalue weighted by atomic mass is 10.1. The summed E-state index contributed by atoms with van der Waals surface area (Å²) in [6, 6.07) is 5.79. The molecule has 0 aliphatic heterocycles. The molecule has 2 aromatic carbocycles. The fourth-order valence-electron chi connectivity index (χ4n) is 3.51. The smallest absolute Gasteiger partial charge is 0.416 e. The quantitative estimate of drug-likeness (QED) is 0.242. The number of rotatable bonds is 9. The lowest BCUT2D eigenvalue weighted by molar-refractivity contribution is -0.393. The second-order valence-electron chi connectivity index (χ2n) is 7.74. The summed E-state index contributed by atoms with van der Waals surface area (Å²) in [7, 11) is 0. The Kier molecular flexibility index (Phi) is 10.2. The normalized spacial score (nSPS) is 11.1. The fourth-order valence-corrected chi connectivity index (χ4v) is 4.76. The van der Waals surface area contributed by atoms with Crippen molar-refractivity contribution < 1.29 is 32.9 Å². The van der Waals surface area contributed by atoms with Gasteiger partial charge in [-0.1, -0.05) is 42.3 Å². The molecule has 0 atom stereocenters. The minimum absolute atomic E-state index is 0.201. The number of carboxylic acid groups (broad SMARTS) is 1. The lowest BCUT2D eigenvalue weighted by Gasteiger charge is -2.23. The molecule has 0 bridgehead atoms. The van der Waals surface area contributed by atoms with Crippen LogP contribution in [0.5, 0.6) is 0 Å². The molecule has 0 saturated carbocycles. The molecule has 1 aromatic heterocycles. The number of hydrogen-bond donors (Lipinski definition) is 1. The van der Waals surface area contributed by atoms with Crippen LogP contribution in [-0.4, -0.2) is 38.6 Å². The monoisotopic (exact) mass is 578 g/mol. The second kappa shape index (κ2) is 12.7. The number of hydrogen-bond acceptors (Lipinski definition) is 8. The Balaban J connectivity index is 0.000000290. The standard InChI is InChI=1S/C13H16F3N3O4.C9H6ClNO3S/c1-3-5-6-17(4-2)12-10(18(20)21)7-9(13(14,15)16)8-11(12)19(22)23;10-5-2-1-3-6-8(5)11(4-7(12)13)9(14)15-6/h7-8H,3-6H2,1-2H3;1-3H,4H2,(H,12,13). The summed E-state index contributed by atoms with van der Waals surface area (Å²) in [5, 5.41) is 31.4. The van der Waals surface area contributed by atoms with Crippen LogP contribution in [0.3, 0.4) is 0 Å². The predicted molar refractivity (Wildman–Crippen MR) is 136 cm³/mol. The topological polar surface area (TPSA) is 149 Å². The molecule has 206 valence electrons. The summed E-state index contributed by atoms with van der Waals surface area (Å²) in [5.41, 5.74) is -3.12. The van der Waals surface area contributed by atoms with Gasteiger partial charge in [-0.3, -0.25) is 34.4 Å². The zero-order chi connectivity index (χ0) is 28.8. The molecule has 3 rings (SSSR count). The van der Waals surface area contributed by atoms with Gasteiger partial charge < -0.3 is 10.0 Å². The number of nitro benzene ring substituents is 2. The highest BCUT2D eigenvalue weighted by Gasteiger charge is 2.38. The number of carbonyl (C=O) groups is 1. The van der Waals surface area contributed by atoms with Crippen LogP contribution in [0, 0.1) is 20.2 Å². The van der Waals surface area contributed by atoms with Gasteiger partial charge in [-0.2, -0.15) is 13.2 Å². The summed E-state index contributed by atoms with van der Waals surface area (Å²) in [4.78, 5) is 43.4. The van der Waals surface area contributed by atoms with E-state index in [2.05, 4.69) is 0 Å². The van der Waals surface area contributed by atoms with Gasteiger partial charge in [-0.15, -0.1) is 0 Å². The Bertz CT molecular complexity index is 1370. The van der Waals surface area contributed by atoms with E-state index in [9.17, 15) is 43.0 Å². The Labute approximate surface area is 222 Å². The van der Waals surface area contributed by atoms with Crippen molar-refractivity contribution >= 4 is 56.2 Å². The number of nitrogens with zero attached hydrogens (tertiary/aromatic N) is 4. The molecular weight excluding hydrogens is 557 g/mol. The molecule has 0 saturated heterocycles. The van der Waals surface area contributed by atoms with E-state index < -0.39 is 38.9 Å². The molecule has 0 unspecified atom stereocenters. The number of benzene rings is 2. The third kappa shape index (κ3) is 7.19. The second-order valence-corrected chi connectivity index (χ2v) is 9.14. The number of fused-ring (bicyclic) bond motifs is 1. The molecule has 38 heavy (non-hydrogen) atoms. The van der Waals surface area contributed by atoms with Gasteiger partial charge in [0.15, 0.2) is 5.69 Å². The van der Waals surface area contributed by atoms with E-state index in [1.807, 2.05) is 6.92 Å². The molecular formula is C22H22ClF3N4O7S. The van der Waals surface area contributed by atoms with Crippen LogP contribution in [0.4, 0.5) is 30.2 Å². The third-order valence-corrected chi connectivity index (χ3v) is 6.45. The fraction of sp³-hybridized carbons (Fsp3) is 0.364. The number of thiazole rings is 1. The summed E-state index contributed by atoms with van der Waals surface area (Å²) >= 11 is 6.91. The molecule has 0 aliphatic rings. The zero-order valence-electron chi connectivity index (χ0n) is 20.0. The maximum Gasteiger partial charge on any atom is 0.416 e. The zero-order valence-corrected chi connectivity index (χ0v) is 21.6. The van der Waals surface area contributed by atoms with E-state index in [4.69, 9.17) is 16.7 Å². The highest BCUT2D eigenvalue weighted by Crippen LogP contribution is 2.43. The van der Waals surface area contributed by atoms with Gasteiger partial charge in [0, 0.05) is 25.2 Å². The molecule has 1 N–H and O–H groups in total. The number of alkyl halides is 3. The van der Waals surface area contributed by atoms with Crippen molar-refractivity contribution in [2.24, 2.45) is 0 Å². The van der Waals surface area contributed by atoms with Gasteiger partial charge in [0.2, 0.25) is 0 Å². The SMILES string of the molecule is CCCCN(CC)c1c([N+](=O)[O-])cc(C(F)(F)F)cc1[N+](=O)[O-].O=C(O)Cn1c(=O)sc2cccc(Cl)c21. The molecule has 1 heterocycles. The Hall–Kier alpha value is -3.72. The number of carboxylic acids is 1. The van der Waals surface area contributed by atoms with E-state index in [0.29, 0.717) is 33.8 Å². The van der Waals surface area contributed by atoms with Gasteiger partial charge in [-0.05, 0) is 25.5 Å². The van der Waals surface area contributed by atoms with E-state index in [-0.39, 0.29) is 30.2 Å². The van der Waals surface area contributed by atoms with Crippen molar-refractivity contribution in [2.75, 3.05) is 18.0 Å². The number of unbranched alkanes of at least 4 members (excludes halogenated alkanes) is 1. The molecule has 0 spiro atoms. The third-order valence-electron chi connectivity index (χ3n) is 5.20. The number of anilines is 1. The van der Waals surface area contributed by atoms with Gasteiger partial charge in [0.1, 0.15) is 6.54 Å². The summed E-state index contributed by atoms with van der Waals surface area (Å²) < 4.78 is 40.4. The van der Waals surface area contributed by atoms with Crippen molar-refractivity contribution in [1.29, 1.82) is 0 Å². The average Bonchev–Trinajstić information content (AvgIpc) is 3.14. The largest absolute Gasteiger partial charge is 0.480 e. The van der Waals surface area contributed by atoms with Crippen LogP contribution in [-0.2, 0) is 17.5 Å². The minimum Gasteiger partial charge on any atom is -0.480 e. The van der Waals surface area contributed by atoms with Crippen molar-refractivity contribution in [3.63, 3.8) is 0 Å². The van der Waals surface area contributed by atoms with Crippen molar-refractivity contribution in [2.45, 2.75) is 39.4 Å². The van der Waals surface area contributed by atoms with E-state index in [1.54, 1.807) is 25.1 Å². The van der Waals surface area contributed by atoms with Gasteiger partial charge >= 0.3 is 17.0 Å². The highest BCUT2D eigenvalue weighted by molar-refractivity contribution is 7.16. The maximum atomic E-state index is 12.8. The number of para-hydroxylation sites is 1. The van der Waals surface area contributed by atoms with Crippen molar-refractivity contribution in [3.8, 4) is 0 Å². The molecule has 16 heteroatoms. The molecule has 0 fully saturated rings. The summed E-state index contributed by atoms with van der Waals surface area (Å²) in [6.07, 6.45) is -3.57. The first kappa shape index (κ1) is 30.5. The average molecular weight is 579 g/mol. The summed E-state index contributed by atoms with van der Waals surface area (Å²) in [6.45, 7) is 3.61. The van der Waals surface area contributed by atoms with Gasteiger partial charge in [0.25, 0.3) is 11.4 Å². The number of nitro groups is 2. The van der Waals surface area contributed by atoms with Gasteiger partial charge in [-0.25, -0.2) is 0 Å². The predicted octanol–water partition coefficient (Wildman–Crippen LogP) is 5.95. The lowest BCUT2D eigenvalue weighted by Crippen LogP contribution is -2.26. The first-order valence-electron chi connectivity index (χ1n) is 11.0. The Morgan fingerprint density at radius 3 is 2.18 bits per heavy atom. The van der Waals surface area contributed by atoms with E-state index in [1.165, 1.54) is 9.47 Å². The van der Waals surface area contributed by atoms with Crippen LogP contribution >= 0.6 is 22.9 Å². The first-order chi connectivity index (χ1) is 17.7. The van der Waals surface area contributed by atoms with Crippen LogP contribution in [0.25, 0.3) is 10.2 Å². The minimum atomic E-state index is -4.91.